The molecule has 1 aromatic heterocycles. The van der Waals surface area contributed by atoms with Gasteiger partial charge in [0.1, 0.15) is 12.3 Å². The number of phenolic OH excluding ortho intramolecular Hbond substituents is 1. The van der Waals surface area contributed by atoms with Crippen LogP contribution in [0.4, 0.5) is 5.69 Å². The molecule has 0 aliphatic heterocycles. The summed E-state index contributed by atoms with van der Waals surface area (Å²) in [6.45, 7) is 1.95. The molecule has 2 amide bonds. The summed E-state index contributed by atoms with van der Waals surface area (Å²) < 4.78 is 1.48. The molecule has 0 spiro atoms. The zero-order valence-corrected chi connectivity index (χ0v) is 14.2. The summed E-state index contributed by atoms with van der Waals surface area (Å²) in [4.78, 5) is 24.2. The summed E-state index contributed by atoms with van der Waals surface area (Å²) in [5.41, 5.74) is 1.53. The van der Waals surface area contributed by atoms with E-state index in [2.05, 4.69) is 15.7 Å². The first-order chi connectivity index (χ1) is 12.0. The fourth-order valence-electron chi connectivity index (χ4n) is 3.04. The van der Waals surface area contributed by atoms with E-state index in [1.165, 1.54) is 16.9 Å². The maximum absolute atomic E-state index is 12.2. The number of benzene rings is 1. The van der Waals surface area contributed by atoms with E-state index >= 15 is 0 Å². The fraction of sp³-hybridized carbons (Fsp3) is 0.389. The van der Waals surface area contributed by atoms with Crippen LogP contribution in [0.3, 0.4) is 0 Å². The summed E-state index contributed by atoms with van der Waals surface area (Å²) in [6, 6.07) is 5.13. The number of rotatable bonds is 5. The van der Waals surface area contributed by atoms with E-state index in [4.69, 9.17) is 0 Å². The lowest BCUT2D eigenvalue weighted by Gasteiger charge is -2.11. The van der Waals surface area contributed by atoms with Crippen LogP contribution in [0.2, 0.25) is 0 Å². The van der Waals surface area contributed by atoms with Crippen LogP contribution in [0.15, 0.2) is 30.6 Å². The number of aryl methyl sites for hydroxylation is 1. The number of aromatic hydroxyl groups is 1. The molecule has 0 bridgehead atoms. The van der Waals surface area contributed by atoms with Gasteiger partial charge in [0.15, 0.2) is 0 Å². The molecule has 132 valence electrons. The van der Waals surface area contributed by atoms with Crippen molar-refractivity contribution in [1.29, 1.82) is 0 Å². The minimum Gasteiger partial charge on any atom is -0.507 e. The molecule has 1 fully saturated rings. The van der Waals surface area contributed by atoms with E-state index < -0.39 is 5.91 Å². The Bertz CT molecular complexity index is 778. The normalized spacial score (nSPS) is 14.4. The van der Waals surface area contributed by atoms with Crippen molar-refractivity contribution in [3.05, 3.63) is 41.7 Å². The van der Waals surface area contributed by atoms with Crippen molar-refractivity contribution in [3.8, 4) is 5.75 Å². The van der Waals surface area contributed by atoms with E-state index in [-0.39, 0.29) is 29.8 Å². The second-order valence-electron chi connectivity index (χ2n) is 6.45. The molecule has 1 heterocycles. The highest BCUT2D eigenvalue weighted by Gasteiger charge is 2.17. The van der Waals surface area contributed by atoms with Crippen LogP contribution in [0.1, 0.15) is 41.6 Å². The van der Waals surface area contributed by atoms with Gasteiger partial charge in [-0.1, -0.05) is 18.9 Å². The van der Waals surface area contributed by atoms with Crippen LogP contribution >= 0.6 is 0 Å². The van der Waals surface area contributed by atoms with Gasteiger partial charge < -0.3 is 15.7 Å². The Kier molecular flexibility index (Phi) is 5.02. The first kappa shape index (κ1) is 17.0. The SMILES string of the molecule is Cc1ccc(C(=O)Nc2cnn(CC(=O)NC3CCCC3)c2)c(O)c1. The van der Waals surface area contributed by atoms with Gasteiger partial charge in [-0.05, 0) is 37.5 Å². The highest BCUT2D eigenvalue weighted by Crippen LogP contribution is 2.20. The number of nitrogens with zero attached hydrogens (tertiary/aromatic N) is 2. The van der Waals surface area contributed by atoms with E-state index in [9.17, 15) is 14.7 Å². The Morgan fingerprint density at radius 1 is 1.32 bits per heavy atom. The zero-order valence-electron chi connectivity index (χ0n) is 14.2. The van der Waals surface area contributed by atoms with Crippen molar-refractivity contribution < 1.29 is 14.7 Å². The monoisotopic (exact) mass is 342 g/mol. The first-order valence-electron chi connectivity index (χ1n) is 8.44. The lowest BCUT2D eigenvalue weighted by molar-refractivity contribution is -0.122. The van der Waals surface area contributed by atoms with Crippen LogP contribution in [0.5, 0.6) is 5.75 Å². The van der Waals surface area contributed by atoms with E-state index in [0.29, 0.717) is 5.69 Å². The summed E-state index contributed by atoms with van der Waals surface area (Å²) in [6.07, 6.45) is 7.46. The maximum Gasteiger partial charge on any atom is 0.259 e. The summed E-state index contributed by atoms with van der Waals surface area (Å²) >= 11 is 0. The van der Waals surface area contributed by atoms with Gasteiger partial charge >= 0.3 is 0 Å². The molecule has 1 aromatic carbocycles. The molecule has 1 saturated carbocycles. The summed E-state index contributed by atoms with van der Waals surface area (Å²) in [5.74, 6) is -0.572. The van der Waals surface area contributed by atoms with Crippen molar-refractivity contribution in [1.82, 2.24) is 15.1 Å². The zero-order chi connectivity index (χ0) is 17.8. The number of amides is 2. The topological polar surface area (TPSA) is 96.2 Å². The number of carbonyl (C=O) groups is 2. The number of hydrogen-bond donors (Lipinski definition) is 3. The molecule has 25 heavy (non-hydrogen) atoms. The minimum absolute atomic E-state index is 0.0687. The summed E-state index contributed by atoms with van der Waals surface area (Å²) in [5, 5.41) is 19.6. The number of aromatic nitrogens is 2. The van der Waals surface area contributed by atoms with Gasteiger partial charge in [0.2, 0.25) is 5.91 Å². The Hall–Kier alpha value is -2.83. The third-order valence-electron chi connectivity index (χ3n) is 4.31. The number of phenols is 1. The Morgan fingerprint density at radius 3 is 2.80 bits per heavy atom. The van der Waals surface area contributed by atoms with Crippen molar-refractivity contribution in [2.24, 2.45) is 0 Å². The average molecular weight is 342 g/mol. The standard InChI is InChI=1S/C18H22N4O3/c1-12-6-7-15(16(23)8-12)18(25)21-14-9-19-22(10-14)11-17(24)20-13-4-2-3-5-13/h6-10,13,23H,2-5,11H2,1H3,(H,20,24)(H,21,25). The van der Waals surface area contributed by atoms with Crippen LogP contribution < -0.4 is 10.6 Å². The third-order valence-corrected chi connectivity index (χ3v) is 4.31. The molecule has 1 aliphatic rings. The molecule has 3 N–H and O–H groups in total. The van der Waals surface area contributed by atoms with E-state index in [0.717, 1.165) is 31.2 Å². The average Bonchev–Trinajstić information content (AvgIpc) is 3.19. The highest BCUT2D eigenvalue weighted by atomic mass is 16.3. The molecular formula is C18H22N4O3. The molecular weight excluding hydrogens is 320 g/mol. The van der Waals surface area contributed by atoms with Gasteiger partial charge in [-0.3, -0.25) is 14.3 Å². The molecule has 3 rings (SSSR count). The molecule has 2 aromatic rings. The number of hydrogen-bond acceptors (Lipinski definition) is 4. The number of nitrogens with one attached hydrogen (secondary N) is 2. The van der Waals surface area contributed by atoms with E-state index in [1.807, 2.05) is 6.92 Å². The minimum atomic E-state index is -0.424. The second kappa shape index (κ2) is 7.38. The van der Waals surface area contributed by atoms with Crippen LogP contribution in [0, 0.1) is 6.92 Å². The molecule has 0 unspecified atom stereocenters. The largest absolute Gasteiger partial charge is 0.507 e. The van der Waals surface area contributed by atoms with Gasteiger partial charge in [-0.25, -0.2) is 0 Å². The van der Waals surface area contributed by atoms with Crippen molar-refractivity contribution in [2.75, 3.05) is 5.32 Å². The molecule has 0 saturated heterocycles. The highest BCUT2D eigenvalue weighted by molar-refractivity contribution is 6.06. The van der Waals surface area contributed by atoms with Crippen LogP contribution in [0.25, 0.3) is 0 Å². The van der Waals surface area contributed by atoms with Gasteiger partial charge in [-0.2, -0.15) is 5.10 Å². The molecule has 7 nitrogen and oxygen atoms in total. The quantitative estimate of drug-likeness (QED) is 0.776. The van der Waals surface area contributed by atoms with Gasteiger partial charge in [0.25, 0.3) is 5.91 Å². The lowest BCUT2D eigenvalue weighted by Crippen LogP contribution is -2.35. The molecule has 0 radical (unpaired) electrons. The van der Waals surface area contributed by atoms with Crippen LogP contribution in [-0.2, 0) is 11.3 Å². The lowest BCUT2D eigenvalue weighted by atomic mass is 10.1. The Labute approximate surface area is 146 Å². The van der Waals surface area contributed by atoms with E-state index in [1.54, 1.807) is 18.3 Å². The number of carbonyl (C=O) groups excluding carboxylic acids is 2. The molecule has 1 aliphatic carbocycles. The smallest absolute Gasteiger partial charge is 0.259 e. The predicted molar refractivity (Wildman–Crippen MR) is 93.4 cm³/mol. The second-order valence-corrected chi connectivity index (χ2v) is 6.45. The third kappa shape index (κ3) is 4.37. The first-order valence-corrected chi connectivity index (χ1v) is 8.44. The van der Waals surface area contributed by atoms with Crippen molar-refractivity contribution >= 4 is 17.5 Å². The van der Waals surface area contributed by atoms with Crippen LogP contribution in [-0.4, -0.2) is 32.7 Å². The molecule has 7 heteroatoms. The Morgan fingerprint density at radius 2 is 2.08 bits per heavy atom. The predicted octanol–water partition coefficient (Wildman–Crippen LogP) is 2.21. The maximum atomic E-state index is 12.2. The van der Waals surface area contributed by atoms with Gasteiger partial charge in [0.05, 0.1) is 17.4 Å². The fourth-order valence-corrected chi connectivity index (χ4v) is 3.04. The van der Waals surface area contributed by atoms with Gasteiger partial charge in [-0.15, -0.1) is 0 Å². The van der Waals surface area contributed by atoms with Crippen molar-refractivity contribution in [3.63, 3.8) is 0 Å². The molecule has 0 atom stereocenters. The summed E-state index contributed by atoms with van der Waals surface area (Å²) in [7, 11) is 0. The van der Waals surface area contributed by atoms with Gasteiger partial charge in [0, 0.05) is 12.2 Å². The van der Waals surface area contributed by atoms with Crippen molar-refractivity contribution in [2.45, 2.75) is 45.2 Å². The Balaban J connectivity index is 1.57. The number of anilines is 1.